The Morgan fingerprint density at radius 3 is 1.67 bits per heavy atom. The minimum absolute atomic E-state index is 0.421. The first-order chi connectivity index (χ1) is 3.85. The first-order valence-electron chi connectivity index (χ1n) is 2.56. The zero-order valence-corrected chi connectivity index (χ0v) is 7.88. The second-order valence-corrected chi connectivity index (χ2v) is 7.10. The highest BCUT2D eigenvalue weighted by atomic mass is 32.2. The van der Waals surface area contributed by atoms with Gasteiger partial charge >= 0.3 is 0 Å². The third-order valence-corrected chi connectivity index (χ3v) is 5.59. The molecule has 56 valence electrons. The van der Waals surface area contributed by atoms with Gasteiger partial charge in [0.15, 0.2) is 0 Å². The Kier molecular flexibility index (Phi) is 3.10. The summed E-state index contributed by atoms with van der Waals surface area (Å²) in [6.45, 7) is 5.55. The Bertz CT molecular complexity index is 171. The fraction of sp³-hybridized carbons (Fsp3) is 0.800. The molecule has 0 spiro atoms. The van der Waals surface area contributed by atoms with Gasteiger partial charge in [0.05, 0.1) is 0 Å². The monoisotopic (exact) mass is 167 g/mol. The number of rotatable bonds is 2. The quantitative estimate of drug-likeness (QED) is 0.458. The Hall–Kier alpha value is 0.380. The van der Waals surface area contributed by atoms with E-state index in [9.17, 15) is 8.42 Å². The predicted octanol–water partition coefficient (Wildman–Crippen LogP) is 1.28. The van der Waals surface area contributed by atoms with Gasteiger partial charge in [-0.15, -0.1) is 0 Å². The molecule has 0 N–H and O–H groups in total. The molecule has 0 bridgehead atoms. The van der Waals surface area contributed by atoms with E-state index in [1.165, 1.54) is 6.26 Å². The lowest BCUT2D eigenvalue weighted by Crippen LogP contribution is -2.04. The molecule has 0 amide bonds. The fourth-order valence-electron chi connectivity index (χ4n) is 0.332. The summed E-state index contributed by atoms with van der Waals surface area (Å²) in [5.74, 6) is 0. The van der Waals surface area contributed by atoms with E-state index in [1.54, 1.807) is 6.92 Å². The van der Waals surface area contributed by atoms with E-state index >= 15 is 0 Å². The van der Waals surface area contributed by atoms with Crippen molar-refractivity contribution in [3.63, 3.8) is 0 Å². The molecule has 0 radical (unpaired) electrons. The molecule has 0 atom stereocenters. The van der Waals surface area contributed by atoms with Gasteiger partial charge in [-0.2, -0.15) is 11.9 Å². The summed E-state index contributed by atoms with van der Waals surface area (Å²) in [6.07, 6.45) is 1.25. The van der Waals surface area contributed by atoms with Crippen molar-refractivity contribution in [2.24, 2.45) is 0 Å². The Morgan fingerprint density at radius 2 is 1.67 bits per heavy atom. The zero-order chi connectivity index (χ0) is 7.65. The van der Waals surface area contributed by atoms with Gasteiger partial charge in [0, 0.05) is 16.1 Å². The van der Waals surface area contributed by atoms with Crippen LogP contribution in [0.5, 0.6) is 0 Å². The Balaban J connectivity index is 4.24. The molecule has 0 unspecified atom stereocenters. The average molecular weight is 167 g/mol. The molecular formula is C5H12O2PS-. The molecule has 0 rings (SSSR count). The number of hydrogen-bond donors (Lipinski definition) is 0. The lowest BCUT2D eigenvalue weighted by Gasteiger charge is -2.27. The summed E-state index contributed by atoms with van der Waals surface area (Å²) in [7, 11) is -3.28. The highest BCUT2D eigenvalue weighted by Gasteiger charge is 2.01. The van der Waals surface area contributed by atoms with E-state index in [-0.39, 0.29) is 0 Å². The van der Waals surface area contributed by atoms with Crippen LogP contribution in [0, 0.1) is 4.99 Å². The van der Waals surface area contributed by atoms with Crippen LogP contribution < -0.4 is 0 Å². The second-order valence-electron chi connectivity index (χ2n) is 2.19. The van der Waals surface area contributed by atoms with Gasteiger partial charge in [0.1, 0.15) is 0 Å². The molecule has 0 heterocycles. The van der Waals surface area contributed by atoms with Crippen LogP contribution in [0.25, 0.3) is 0 Å². The summed E-state index contributed by atoms with van der Waals surface area (Å²) in [5, 5.41) is 0. The van der Waals surface area contributed by atoms with Crippen LogP contribution in [-0.4, -0.2) is 28.0 Å². The molecule has 0 aromatic heterocycles. The van der Waals surface area contributed by atoms with E-state index in [1.807, 2.05) is 13.3 Å². The van der Waals surface area contributed by atoms with Gasteiger partial charge < -0.3 is 0 Å². The largest absolute Gasteiger partial charge is 0.262 e. The number of sulfone groups is 1. The Morgan fingerprint density at radius 1 is 1.33 bits per heavy atom. The first kappa shape index (κ1) is 9.38. The molecule has 0 saturated heterocycles. The molecule has 0 fully saturated rings. The van der Waals surface area contributed by atoms with Crippen LogP contribution in [0.15, 0.2) is 0 Å². The molecule has 0 aliphatic heterocycles. The fourth-order valence-corrected chi connectivity index (χ4v) is 2.98. The second kappa shape index (κ2) is 2.98. The van der Waals surface area contributed by atoms with Gasteiger partial charge in [-0.25, -0.2) is 0 Å². The summed E-state index contributed by atoms with van der Waals surface area (Å²) >= 11 is 0. The van der Waals surface area contributed by atoms with E-state index in [0.717, 1.165) is 0 Å². The van der Waals surface area contributed by atoms with Crippen molar-refractivity contribution in [1.82, 2.24) is 0 Å². The summed E-state index contributed by atoms with van der Waals surface area (Å²) in [5.41, 5.74) is 0. The number of hydrogen-bond acceptors (Lipinski definition) is 2. The van der Waals surface area contributed by atoms with Crippen LogP contribution >= 0.6 is 7.92 Å². The van der Waals surface area contributed by atoms with Crippen molar-refractivity contribution in [3.8, 4) is 0 Å². The van der Waals surface area contributed by atoms with Crippen molar-refractivity contribution in [3.05, 3.63) is 4.99 Å². The molecule has 2 nitrogen and oxygen atoms in total. The highest BCUT2D eigenvalue weighted by Crippen LogP contribution is 2.41. The molecule has 0 aliphatic rings. The maximum absolute atomic E-state index is 10.8. The molecule has 0 saturated carbocycles. The van der Waals surface area contributed by atoms with E-state index in [0.29, 0.717) is 4.99 Å². The molecule has 9 heavy (non-hydrogen) atoms. The minimum atomic E-state index is -2.86. The Labute approximate surface area is 58.3 Å². The van der Waals surface area contributed by atoms with Gasteiger partial charge in [-0.05, 0) is 0 Å². The van der Waals surface area contributed by atoms with Crippen LogP contribution in [0.4, 0.5) is 0 Å². The van der Waals surface area contributed by atoms with E-state index in [2.05, 4.69) is 0 Å². The lowest BCUT2D eigenvalue weighted by molar-refractivity contribution is 0.606. The average Bonchev–Trinajstić information content (AvgIpc) is 1.62. The lowest BCUT2D eigenvalue weighted by atomic mass is 11.0. The normalized spacial score (nSPS) is 13.1. The van der Waals surface area contributed by atoms with Crippen molar-refractivity contribution in [1.29, 1.82) is 0 Å². The summed E-state index contributed by atoms with van der Waals surface area (Å²) in [6, 6.07) is 0. The molecule has 0 aromatic rings. The highest BCUT2D eigenvalue weighted by molar-refractivity contribution is 8.01. The summed E-state index contributed by atoms with van der Waals surface area (Å²) in [4.78, 5) is 0.623. The van der Waals surface area contributed by atoms with Crippen LogP contribution in [-0.2, 0) is 9.84 Å². The minimum Gasteiger partial charge on any atom is -0.262 e. The maximum atomic E-state index is 10.8. The molecule has 0 aromatic carbocycles. The smallest absolute Gasteiger partial charge is 0.0275 e. The van der Waals surface area contributed by atoms with E-state index < -0.39 is 17.8 Å². The van der Waals surface area contributed by atoms with E-state index in [4.69, 9.17) is 0 Å². The van der Waals surface area contributed by atoms with Crippen LogP contribution in [0.3, 0.4) is 0 Å². The van der Waals surface area contributed by atoms with Gasteiger partial charge in [-0.1, -0.05) is 13.3 Å². The molecule has 0 aliphatic carbocycles. The van der Waals surface area contributed by atoms with Crippen molar-refractivity contribution in [2.75, 3.05) is 19.6 Å². The predicted molar refractivity (Wildman–Crippen MR) is 42.5 cm³/mol. The first-order valence-corrected chi connectivity index (χ1v) is 6.69. The van der Waals surface area contributed by atoms with Crippen LogP contribution in [0.1, 0.15) is 6.92 Å². The van der Waals surface area contributed by atoms with Gasteiger partial charge in [0.25, 0.3) is 0 Å². The molecule has 4 heteroatoms. The van der Waals surface area contributed by atoms with Gasteiger partial charge in [0.2, 0.25) is 0 Å². The third kappa shape index (κ3) is 3.17. The topological polar surface area (TPSA) is 34.1 Å². The maximum Gasteiger partial charge on any atom is 0.0275 e. The van der Waals surface area contributed by atoms with Gasteiger partial charge in [-0.3, -0.25) is 16.3 Å². The zero-order valence-electron chi connectivity index (χ0n) is 6.17. The van der Waals surface area contributed by atoms with Crippen molar-refractivity contribution >= 4 is 17.8 Å². The standard InChI is InChI=1S/C5H12O2PS/c1-5(8(2)3)9(4,6)7/h1-4H3/q-1. The molecular weight excluding hydrogens is 155 g/mol. The van der Waals surface area contributed by atoms with Crippen LogP contribution in [0.2, 0.25) is 0 Å². The SMILES string of the molecule is C[C-](P(C)C)S(C)(=O)=O. The summed E-state index contributed by atoms with van der Waals surface area (Å²) < 4.78 is 21.5. The van der Waals surface area contributed by atoms with Crippen molar-refractivity contribution < 1.29 is 8.42 Å². The van der Waals surface area contributed by atoms with Crippen molar-refractivity contribution in [2.45, 2.75) is 6.92 Å². The third-order valence-electron chi connectivity index (χ3n) is 1.17.